The Hall–Kier alpha value is -2.20. The summed E-state index contributed by atoms with van der Waals surface area (Å²) in [5, 5.41) is 3.28. The van der Waals surface area contributed by atoms with E-state index in [0.29, 0.717) is 23.8 Å². The van der Waals surface area contributed by atoms with Gasteiger partial charge in [0.1, 0.15) is 4.88 Å². The first-order chi connectivity index (χ1) is 12.2. The third kappa shape index (κ3) is 5.40. The fraction of sp³-hybridized carbons (Fsp3) is 0.625. The van der Waals surface area contributed by atoms with Gasteiger partial charge in [-0.1, -0.05) is 32.1 Å². The standard InChI is InChI=1S/C16H25N5O4S/c1-10-12(26-15(18-10)21-5-7-25-8-6-21)13(23)20-19-11(22)9-17-14(24)16(2,3)4/h5-9H2,1-4H3,(H,17,24)(H,19,22)(H,20,23). The normalized spacial score (nSPS) is 14.7. The van der Waals surface area contributed by atoms with Crippen LogP contribution in [0, 0.1) is 12.3 Å². The number of aromatic nitrogens is 1. The molecule has 1 aromatic heterocycles. The third-order valence-corrected chi connectivity index (χ3v) is 4.90. The van der Waals surface area contributed by atoms with Crippen molar-refractivity contribution < 1.29 is 19.1 Å². The van der Waals surface area contributed by atoms with Gasteiger partial charge in [0.2, 0.25) is 5.91 Å². The van der Waals surface area contributed by atoms with E-state index in [1.54, 1.807) is 27.7 Å². The molecule has 3 N–H and O–H groups in total. The summed E-state index contributed by atoms with van der Waals surface area (Å²) in [7, 11) is 0. The summed E-state index contributed by atoms with van der Waals surface area (Å²) in [4.78, 5) is 42.7. The molecule has 0 spiro atoms. The number of nitrogens with one attached hydrogen (secondary N) is 3. The summed E-state index contributed by atoms with van der Waals surface area (Å²) >= 11 is 1.27. The van der Waals surface area contributed by atoms with Crippen LogP contribution in [-0.2, 0) is 14.3 Å². The van der Waals surface area contributed by atoms with Crippen LogP contribution in [0.1, 0.15) is 36.1 Å². The average molecular weight is 383 g/mol. The van der Waals surface area contributed by atoms with Crippen LogP contribution >= 0.6 is 11.3 Å². The van der Waals surface area contributed by atoms with Crippen molar-refractivity contribution in [3.8, 4) is 0 Å². The van der Waals surface area contributed by atoms with Gasteiger partial charge < -0.3 is 15.0 Å². The molecule has 26 heavy (non-hydrogen) atoms. The molecule has 1 saturated heterocycles. The highest BCUT2D eigenvalue weighted by molar-refractivity contribution is 7.17. The first-order valence-corrected chi connectivity index (χ1v) is 9.17. The SMILES string of the molecule is Cc1nc(N2CCOCC2)sc1C(=O)NNC(=O)CNC(=O)C(C)(C)C. The zero-order valence-electron chi connectivity index (χ0n) is 15.5. The van der Waals surface area contributed by atoms with Crippen LogP contribution in [0.15, 0.2) is 0 Å². The fourth-order valence-electron chi connectivity index (χ4n) is 2.14. The van der Waals surface area contributed by atoms with E-state index in [1.165, 1.54) is 11.3 Å². The second-order valence-electron chi connectivity index (χ2n) is 6.95. The van der Waals surface area contributed by atoms with Gasteiger partial charge in [0.15, 0.2) is 5.13 Å². The van der Waals surface area contributed by atoms with E-state index in [-0.39, 0.29) is 12.5 Å². The molecule has 1 fully saturated rings. The molecule has 9 nitrogen and oxygen atoms in total. The molecular weight excluding hydrogens is 358 g/mol. The number of rotatable bonds is 4. The van der Waals surface area contributed by atoms with E-state index in [0.717, 1.165) is 18.2 Å². The van der Waals surface area contributed by atoms with Crippen LogP contribution in [0.4, 0.5) is 5.13 Å². The van der Waals surface area contributed by atoms with Crippen molar-refractivity contribution in [2.45, 2.75) is 27.7 Å². The second-order valence-corrected chi connectivity index (χ2v) is 7.92. The van der Waals surface area contributed by atoms with Gasteiger partial charge in [-0.15, -0.1) is 0 Å². The van der Waals surface area contributed by atoms with E-state index >= 15 is 0 Å². The minimum Gasteiger partial charge on any atom is -0.378 e. The van der Waals surface area contributed by atoms with Crippen molar-refractivity contribution in [1.29, 1.82) is 0 Å². The molecule has 3 amide bonds. The largest absolute Gasteiger partial charge is 0.378 e. The molecule has 2 heterocycles. The molecular formula is C16H25N5O4S. The molecule has 0 aromatic carbocycles. The molecule has 2 rings (SSSR count). The Balaban J connectivity index is 1.85. The summed E-state index contributed by atoms with van der Waals surface area (Å²) < 4.78 is 5.31. The van der Waals surface area contributed by atoms with E-state index in [9.17, 15) is 14.4 Å². The van der Waals surface area contributed by atoms with Crippen LogP contribution in [0.2, 0.25) is 0 Å². The van der Waals surface area contributed by atoms with Crippen molar-refractivity contribution in [3.63, 3.8) is 0 Å². The average Bonchev–Trinajstić information content (AvgIpc) is 2.99. The molecule has 0 aliphatic carbocycles. The Kier molecular flexibility index (Phi) is 6.54. The lowest BCUT2D eigenvalue weighted by Gasteiger charge is -2.25. The number of thiazole rings is 1. The molecule has 1 aromatic rings. The summed E-state index contributed by atoms with van der Waals surface area (Å²) in [6.45, 7) is 9.53. The van der Waals surface area contributed by atoms with Crippen LogP contribution in [0.3, 0.4) is 0 Å². The van der Waals surface area contributed by atoms with Crippen molar-refractivity contribution >= 4 is 34.2 Å². The van der Waals surface area contributed by atoms with Gasteiger partial charge in [0.25, 0.3) is 11.8 Å². The van der Waals surface area contributed by atoms with E-state index < -0.39 is 17.2 Å². The Morgan fingerprint density at radius 3 is 2.46 bits per heavy atom. The summed E-state index contributed by atoms with van der Waals surface area (Å²) in [6.07, 6.45) is 0. The lowest BCUT2D eigenvalue weighted by molar-refractivity contribution is -0.131. The summed E-state index contributed by atoms with van der Waals surface area (Å²) in [5.74, 6) is -1.19. The number of hydrogen-bond donors (Lipinski definition) is 3. The van der Waals surface area contributed by atoms with Gasteiger partial charge in [0.05, 0.1) is 25.5 Å². The predicted octanol–water partition coefficient (Wildman–Crippen LogP) is 0.211. The molecule has 1 aliphatic heterocycles. The molecule has 0 atom stereocenters. The predicted molar refractivity (Wildman–Crippen MR) is 98.0 cm³/mol. The Morgan fingerprint density at radius 1 is 1.19 bits per heavy atom. The number of carbonyl (C=O) groups excluding carboxylic acids is 3. The van der Waals surface area contributed by atoms with Crippen molar-refractivity contribution in [2.75, 3.05) is 37.7 Å². The number of ether oxygens (including phenoxy) is 1. The van der Waals surface area contributed by atoms with Gasteiger partial charge in [-0.3, -0.25) is 25.2 Å². The van der Waals surface area contributed by atoms with Crippen LogP contribution in [0.5, 0.6) is 0 Å². The van der Waals surface area contributed by atoms with E-state index in [2.05, 4.69) is 26.1 Å². The minimum absolute atomic E-state index is 0.211. The van der Waals surface area contributed by atoms with Gasteiger partial charge in [-0.05, 0) is 6.92 Å². The van der Waals surface area contributed by atoms with Crippen LogP contribution in [0.25, 0.3) is 0 Å². The number of amides is 3. The third-order valence-electron chi connectivity index (χ3n) is 3.68. The van der Waals surface area contributed by atoms with Gasteiger partial charge in [-0.25, -0.2) is 4.98 Å². The minimum atomic E-state index is -0.584. The monoisotopic (exact) mass is 383 g/mol. The lowest BCUT2D eigenvalue weighted by atomic mass is 9.96. The van der Waals surface area contributed by atoms with Crippen molar-refractivity contribution in [3.05, 3.63) is 10.6 Å². The maximum atomic E-state index is 12.3. The van der Waals surface area contributed by atoms with Crippen molar-refractivity contribution in [1.82, 2.24) is 21.2 Å². The summed E-state index contributed by atoms with van der Waals surface area (Å²) in [6, 6.07) is 0. The van der Waals surface area contributed by atoms with Gasteiger partial charge in [0, 0.05) is 18.5 Å². The Labute approximate surface area is 156 Å². The number of carbonyl (C=O) groups is 3. The number of morpholine rings is 1. The smallest absolute Gasteiger partial charge is 0.281 e. The summed E-state index contributed by atoms with van der Waals surface area (Å²) in [5.41, 5.74) is 4.67. The number of aryl methyl sites for hydroxylation is 1. The van der Waals surface area contributed by atoms with Crippen LogP contribution in [-0.4, -0.2) is 55.6 Å². The zero-order valence-corrected chi connectivity index (χ0v) is 16.3. The molecule has 0 saturated carbocycles. The molecule has 0 unspecified atom stereocenters. The Bertz CT molecular complexity index is 677. The van der Waals surface area contributed by atoms with Gasteiger partial charge in [-0.2, -0.15) is 0 Å². The highest BCUT2D eigenvalue weighted by Gasteiger charge is 2.22. The lowest BCUT2D eigenvalue weighted by Crippen LogP contribution is -2.47. The number of anilines is 1. The van der Waals surface area contributed by atoms with Gasteiger partial charge >= 0.3 is 0 Å². The molecule has 10 heteroatoms. The highest BCUT2D eigenvalue weighted by atomic mass is 32.1. The number of hydrazine groups is 1. The van der Waals surface area contributed by atoms with Crippen molar-refractivity contribution in [2.24, 2.45) is 5.41 Å². The second kappa shape index (κ2) is 8.45. The molecule has 0 bridgehead atoms. The number of nitrogens with zero attached hydrogens (tertiary/aromatic N) is 2. The maximum Gasteiger partial charge on any atom is 0.281 e. The molecule has 1 aliphatic rings. The van der Waals surface area contributed by atoms with E-state index in [1.807, 2.05) is 0 Å². The fourth-order valence-corrected chi connectivity index (χ4v) is 3.15. The molecule has 144 valence electrons. The zero-order chi connectivity index (χ0) is 19.3. The van der Waals surface area contributed by atoms with Crippen LogP contribution < -0.4 is 21.1 Å². The first-order valence-electron chi connectivity index (χ1n) is 8.36. The number of hydrogen-bond acceptors (Lipinski definition) is 7. The Morgan fingerprint density at radius 2 is 1.85 bits per heavy atom. The van der Waals surface area contributed by atoms with E-state index in [4.69, 9.17) is 4.74 Å². The highest BCUT2D eigenvalue weighted by Crippen LogP contribution is 2.26. The first kappa shape index (κ1) is 20.1. The quantitative estimate of drug-likeness (QED) is 0.641. The topological polar surface area (TPSA) is 113 Å². The molecule has 0 radical (unpaired) electrons. The maximum absolute atomic E-state index is 12.3.